The summed E-state index contributed by atoms with van der Waals surface area (Å²) in [6.45, 7) is 1.33. The summed E-state index contributed by atoms with van der Waals surface area (Å²) >= 11 is 5.98. The zero-order chi connectivity index (χ0) is 13.0. The van der Waals surface area contributed by atoms with E-state index in [1.165, 1.54) is 0 Å². The number of hydrogen-bond donors (Lipinski definition) is 1. The third-order valence-electron chi connectivity index (χ3n) is 3.37. The smallest absolute Gasteiger partial charge is 0.230 e. The molecule has 1 fully saturated rings. The van der Waals surface area contributed by atoms with Gasteiger partial charge in [-0.2, -0.15) is 0 Å². The van der Waals surface area contributed by atoms with Crippen molar-refractivity contribution in [2.24, 2.45) is 0 Å². The van der Waals surface area contributed by atoms with Crippen LogP contribution in [0.25, 0.3) is 0 Å². The van der Waals surface area contributed by atoms with Gasteiger partial charge in [-0.1, -0.05) is 23.7 Å². The Balaban J connectivity index is 1.97. The van der Waals surface area contributed by atoms with Gasteiger partial charge in [0.2, 0.25) is 5.91 Å². The molecule has 0 saturated heterocycles. The van der Waals surface area contributed by atoms with Crippen molar-refractivity contribution < 1.29 is 9.53 Å². The Morgan fingerprint density at radius 3 is 2.89 bits per heavy atom. The van der Waals surface area contributed by atoms with E-state index in [-0.39, 0.29) is 11.3 Å². The van der Waals surface area contributed by atoms with Crippen molar-refractivity contribution in [1.29, 1.82) is 0 Å². The molecule has 1 saturated carbocycles. The van der Waals surface area contributed by atoms with E-state index >= 15 is 0 Å². The van der Waals surface area contributed by atoms with Crippen molar-refractivity contribution in [2.75, 3.05) is 20.3 Å². The van der Waals surface area contributed by atoms with Gasteiger partial charge >= 0.3 is 0 Å². The molecule has 3 nitrogen and oxygen atoms in total. The van der Waals surface area contributed by atoms with Crippen molar-refractivity contribution in [2.45, 2.75) is 24.7 Å². The highest BCUT2D eigenvalue weighted by atomic mass is 35.5. The van der Waals surface area contributed by atoms with E-state index in [9.17, 15) is 4.79 Å². The van der Waals surface area contributed by atoms with Crippen molar-refractivity contribution in [3.8, 4) is 0 Å². The lowest BCUT2D eigenvalue weighted by atomic mass is 9.95. The fourth-order valence-corrected chi connectivity index (χ4v) is 2.34. The second-order valence-corrected chi connectivity index (χ2v) is 5.13. The fraction of sp³-hybridized carbons (Fsp3) is 0.500. The molecule has 1 aliphatic carbocycles. The zero-order valence-electron chi connectivity index (χ0n) is 10.5. The number of benzene rings is 1. The van der Waals surface area contributed by atoms with E-state index in [1.807, 2.05) is 24.3 Å². The first-order valence-corrected chi connectivity index (χ1v) is 6.60. The highest BCUT2D eigenvalue weighted by Gasteiger charge is 2.51. The molecule has 0 bridgehead atoms. The average Bonchev–Trinajstić information content (AvgIpc) is 3.16. The van der Waals surface area contributed by atoms with Gasteiger partial charge in [0.15, 0.2) is 0 Å². The summed E-state index contributed by atoms with van der Waals surface area (Å²) in [7, 11) is 1.66. The maximum absolute atomic E-state index is 12.2. The van der Waals surface area contributed by atoms with E-state index in [4.69, 9.17) is 16.3 Å². The second kappa shape index (κ2) is 5.72. The SMILES string of the molecule is COCCCNC(=O)C1(c2cccc(Cl)c2)CC1. The molecule has 4 heteroatoms. The molecule has 0 heterocycles. The highest BCUT2D eigenvalue weighted by molar-refractivity contribution is 6.30. The molecular weight excluding hydrogens is 250 g/mol. The summed E-state index contributed by atoms with van der Waals surface area (Å²) in [6.07, 6.45) is 2.65. The van der Waals surface area contributed by atoms with Crippen LogP contribution in [0.5, 0.6) is 0 Å². The monoisotopic (exact) mass is 267 g/mol. The first-order valence-electron chi connectivity index (χ1n) is 6.22. The largest absolute Gasteiger partial charge is 0.385 e. The molecule has 0 spiro atoms. The van der Waals surface area contributed by atoms with Crippen LogP contribution in [-0.2, 0) is 14.9 Å². The second-order valence-electron chi connectivity index (χ2n) is 4.69. The van der Waals surface area contributed by atoms with Crippen LogP contribution in [0.1, 0.15) is 24.8 Å². The molecule has 0 aromatic heterocycles. The fourth-order valence-electron chi connectivity index (χ4n) is 2.15. The lowest BCUT2D eigenvalue weighted by molar-refractivity contribution is -0.123. The van der Waals surface area contributed by atoms with Crippen molar-refractivity contribution >= 4 is 17.5 Å². The average molecular weight is 268 g/mol. The van der Waals surface area contributed by atoms with Crippen LogP contribution < -0.4 is 5.32 Å². The molecule has 0 unspecified atom stereocenters. The molecular formula is C14H18ClNO2. The third-order valence-corrected chi connectivity index (χ3v) is 3.61. The number of ether oxygens (including phenoxy) is 1. The first-order chi connectivity index (χ1) is 8.69. The van der Waals surface area contributed by atoms with Crippen LogP contribution >= 0.6 is 11.6 Å². The number of carbonyl (C=O) groups excluding carboxylic acids is 1. The molecule has 2 rings (SSSR count). The quantitative estimate of drug-likeness (QED) is 0.805. The number of rotatable bonds is 6. The van der Waals surface area contributed by atoms with Crippen molar-refractivity contribution in [3.05, 3.63) is 34.9 Å². The summed E-state index contributed by atoms with van der Waals surface area (Å²) in [5.74, 6) is 0.112. The van der Waals surface area contributed by atoms with Gasteiger partial charge in [-0.3, -0.25) is 4.79 Å². The van der Waals surface area contributed by atoms with Gasteiger partial charge in [-0.05, 0) is 37.0 Å². The van der Waals surface area contributed by atoms with Gasteiger partial charge in [0, 0.05) is 25.3 Å². The maximum atomic E-state index is 12.2. The van der Waals surface area contributed by atoms with E-state index in [1.54, 1.807) is 7.11 Å². The maximum Gasteiger partial charge on any atom is 0.230 e. The predicted octanol–water partition coefficient (Wildman–Crippen LogP) is 2.52. The zero-order valence-corrected chi connectivity index (χ0v) is 11.3. The Bertz CT molecular complexity index is 430. The number of hydrogen-bond acceptors (Lipinski definition) is 2. The summed E-state index contributed by atoms with van der Waals surface area (Å²) in [6, 6.07) is 7.60. The summed E-state index contributed by atoms with van der Waals surface area (Å²) in [4.78, 5) is 12.2. The van der Waals surface area contributed by atoms with Crippen LogP contribution in [0.4, 0.5) is 0 Å². The molecule has 1 aromatic carbocycles. The Labute approximate surface area is 112 Å². The molecule has 18 heavy (non-hydrogen) atoms. The van der Waals surface area contributed by atoms with E-state index < -0.39 is 0 Å². The van der Waals surface area contributed by atoms with Gasteiger partial charge in [-0.25, -0.2) is 0 Å². The summed E-state index contributed by atoms with van der Waals surface area (Å²) in [5, 5.41) is 3.66. The van der Waals surface area contributed by atoms with Crippen LogP contribution in [-0.4, -0.2) is 26.2 Å². The third kappa shape index (κ3) is 2.85. The van der Waals surface area contributed by atoms with Crippen LogP contribution in [0, 0.1) is 0 Å². The van der Waals surface area contributed by atoms with Crippen LogP contribution in [0.3, 0.4) is 0 Å². The van der Waals surface area contributed by atoms with Crippen molar-refractivity contribution in [1.82, 2.24) is 5.32 Å². The molecule has 0 aliphatic heterocycles. The van der Waals surface area contributed by atoms with Gasteiger partial charge in [0.05, 0.1) is 5.41 Å². The van der Waals surface area contributed by atoms with Gasteiger partial charge < -0.3 is 10.1 Å². The molecule has 0 radical (unpaired) electrons. The number of methoxy groups -OCH3 is 1. The summed E-state index contributed by atoms with van der Waals surface area (Å²) < 4.78 is 4.96. The Kier molecular flexibility index (Phi) is 4.25. The Morgan fingerprint density at radius 2 is 2.28 bits per heavy atom. The van der Waals surface area contributed by atoms with Gasteiger partial charge in [-0.15, -0.1) is 0 Å². The number of halogens is 1. The van der Waals surface area contributed by atoms with E-state index in [0.29, 0.717) is 18.2 Å². The minimum atomic E-state index is -0.335. The first kappa shape index (κ1) is 13.4. The Morgan fingerprint density at radius 1 is 1.50 bits per heavy atom. The lowest BCUT2D eigenvalue weighted by Crippen LogP contribution is -2.35. The highest BCUT2D eigenvalue weighted by Crippen LogP contribution is 2.48. The molecule has 1 aliphatic rings. The van der Waals surface area contributed by atoms with Crippen molar-refractivity contribution in [3.63, 3.8) is 0 Å². The molecule has 0 atom stereocenters. The lowest BCUT2D eigenvalue weighted by Gasteiger charge is -2.16. The van der Waals surface area contributed by atoms with Gasteiger partial charge in [0.25, 0.3) is 0 Å². The van der Waals surface area contributed by atoms with E-state index in [0.717, 1.165) is 24.8 Å². The van der Waals surface area contributed by atoms with E-state index in [2.05, 4.69) is 5.32 Å². The normalized spacial score (nSPS) is 16.3. The number of nitrogens with one attached hydrogen (secondary N) is 1. The van der Waals surface area contributed by atoms with Gasteiger partial charge in [0.1, 0.15) is 0 Å². The molecule has 1 amide bonds. The van der Waals surface area contributed by atoms with Crippen LogP contribution in [0.15, 0.2) is 24.3 Å². The minimum Gasteiger partial charge on any atom is -0.385 e. The number of carbonyl (C=O) groups is 1. The van der Waals surface area contributed by atoms with Crippen LogP contribution in [0.2, 0.25) is 5.02 Å². The predicted molar refractivity (Wildman–Crippen MR) is 71.9 cm³/mol. The number of amides is 1. The molecule has 98 valence electrons. The topological polar surface area (TPSA) is 38.3 Å². The molecule has 1 N–H and O–H groups in total. The standard InChI is InChI=1S/C14H18ClNO2/c1-18-9-3-8-16-13(17)14(6-7-14)11-4-2-5-12(15)10-11/h2,4-5,10H,3,6-9H2,1H3,(H,16,17). The summed E-state index contributed by atoms with van der Waals surface area (Å²) in [5.41, 5.74) is 0.692. The molecule has 1 aromatic rings. The Hall–Kier alpha value is -1.06. The minimum absolute atomic E-state index is 0.112.